The molecule has 6 heteroatoms. The molecule has 0 amide bonds. The molecule has 0 heterocycles. The molecule has 2 N–H and O–H groups in total. The summed E-state index contributed by atoms with van der Waals surface area (Å²) in [7, 11) is 0. The molecule has 1 unspecified atom stereocenters. The Balaban J connectivity index is 0.000000151. The van der Waals surface area contributed by atoms with Crippen molar-refractivity contribution in [3.8, 4) is 5.75 Å². The average molecular weight is 348 g/mol. The van der Waals surface area contributed by atoms with Crippen molar-refractivity contribution in [2.45, 2.75) is 12.1 Å². The number of phenolic OH excluding ortho intramolecular Hbond substituents is 1. The zero-order valence-corrected chi connectivity index (χ0v) is 13.7. The molecule has 0 saturated carbocycles. The third-order valence-electron chi connectivity index (χ3n) is 4.22. The van der Waals surface area contributed by atoms with E-state index < -0.39 is 5.72 Å². The molecule has 4 rings (SSSR count). The van der Waals surface area contributed by atoms with Crippen molar-refractivity contribution in [3.05, 3.63) is 87.7 Å². The van der Waals surface area contributed by atoms with Crippen LogP contribution in [-0.2, 0) is 5.72 Å². The second-order valence-electron chi connectivity index (χ2n) is 5.85. The third kappa shape index (κ3) is 3.22. The number of aromatic hydroxyl groups is 1. The van der Waals surface area contributed by atoms with Crippen LogP contribution in [0.25, 0.3) is 16.8 Å². The predicted molar refractivity (Wildman–Crippen MR) is 101 cm³/mol. The molecule has 1 aliphatic rings. The van der Waals surface area contributed by atoms with Crippen molar-refractivity contribution < 1.29 is 10.2 Å². The lowest BCUT2D eigenvalue weighted by molar-refractivity contribution is 0.0464. The lowest BCUT2D eigenvalue weighted by atomic mass is 9.90. The maximum atomic E-state index is 10.5. The number of rotatable bonds is 2. The molecule has 3 aromatic rings. The summed E-state index contributed by atoms with van der Waals surface area (Å²) in [6, 6.07) is 17.8. The van der Waals surface area contributed by atoms with E-state index in [1.165, 1.54) is 6.07 Å². The zero-order chi connectivity index (χ0) is 18.6. The van der Waals surface area contributed by atoms with Crippen LogP contribution in [0.5, 0.6) is 5.75 Å². The molecule has 3 aromatic carbocycles. The molecule has 130 valence electrons. The van der Waals surface area contributed by atoms with E-state index >= 15 is 0 Å². The quantitative estimate of drug-likeness (QED) is 0.639. The molecular formula is C20H16N2O4. The van der Waals surface area contributed by atoms with Gasteiger partial charge in [-0.15, -0.1) is 9.81 Å². The number of nitrogens with zero attached hydrogens (tertiary/aromatic N) is 2. The molecule has 0 aromatic heterocycles. The summed E-state index contributed by atoms with van der Waals surface area (Å²) in [5, 5.41) is 26.4. The molecular weight excluding hydrogens is 332 g/mol. The fourth-order valence-corrected chi connectivity index (χ4v) is 2.87. The first kappa shape index (κ1) is 17.4. The van der Waals surface area contributed by atoms with E-state index in [1.54, 1.807) is 36.4 Å². The summed E-state index contributed by atoms with van der Waals surface area (Å²) in [5.74, 6) is -0.0481. The lowest BCUT2D eigenvalue weighted by Crippen LogP contribution is -2.24. The number of aliphatic hydroxyl groups is 1. The van der Waals surface area contributed by atoms with Gasteiger partial charge in [-0.05, 0) is 27.4 Å². The first-order valence-electron chi connectivity index (χ1n) is 7.96. The van der Waals surface area contributed by atoms with Crippen molar-refractivity contribution >= 4 is 22.5 Å². The van der Waals surface area contributed by atoms with Crippen LogP contribution < -0.4 is 0 Å². The Bertz CT molecular complexity index is 1000. The molecule has 0 bridgehead atoms. The van der Waals surface area contributed by atoms with E-state index in [2.05, 4.69) is 10.4 Å². The largest absolute Gasteiger partial charge is 0.505 e. The average Bonchev–Trinajstić information content (AvgIpc) is 2.69. The van der Waals surface area contributed by atoms with Crippen LogP contribution in [0, 0.1) is 9.81 Å². The van der Waals surface area contributed by atoms with E-state index in [0.717, 1.165) is 10.9 Å². The van der Waals surface area contributed by atoms with E-state index in [4.69, 9.17) is 0 Å². The second kappa shape index (κ2) is 7.25. The van der Waals surface area contributed by atoms with Gasteiger partial charge in [0.25, 0.3) is 0 Å². The van der Waals surface area contributed by atoms with E-state index in [1.807, 2.05) is 30.3 Å². The van der Waals surface area contributed by atoms with Crippen molar-refractivity contribution in [3.63, 3.8) is 0 Å². The van der Waals surface area contributed by atoms with Gasteiger partial charge in [0, 0.05) is 17.4 Å². The molecule has 0 saturated heterocycles. The Kier molecular flexibility index (Phi) is 4.86. The fourth-order valence-electron chi connectivity index (χ4n) is 2.87. The van der Waals surface area contributed by atoms with E-state index in [-0.39, 0.29) is 17.9 Å². The van der Waals surface area contributed by atoms with Crippen molar-refractivity contribution in [2.75, 3.05) is 0 Å². The maximum Gasteiger partial charge on any atom is 0.227 e. The van der Waals surface area contributed by atoms with Crippen molar-refractivity contribution in [1.29, 1.82) is 0 Å². The van der Waals surface area contributed by atoms with Gasteiger partial charge in [-0.2, -0.15) is 0 Å². The lowest BCUT2D eigenvalue weighted by Gasteiger charge is -2.23. The summed E-state index contributed by atoms with van der Waals surface area (Å²) in [5.41, 5.74) is -0.0345. The van der Waals surface area contributed by atoms with E-state index in [9.17, 15) is 20.0 Å². The van der Waals surface area contributed by atoms with Crippen LogP contribution in [0.2, 0.25) is 0 Å². The predicted octanol–water partition coefficient (Wildman–Crippen LogP) is 4.96. The highest BCUT2D eigenvalue weighted by atomic mass is 16.4. The standard InChI is InChI=1S/C10H9NO2.C10H7NO2/c12-10(11-13)7-3-5-8-4-1-2-6-9(8)10;12-10-8-4-2-1-3-7(8)5-6-9(10)11-13/h1-6,12H,7H2;1-6,12H. The van der Waals surface area contributed by atoms with Gasteiger partial charge in [0.1, 0.15) is 5.69 Å². The summed E-state index contributed by atoms with van der Waals surface area (Å²) in [6.07, 6.45) is 3.90. The smallest absolute Gasteiger partial charge is 0.227 e. The minimum absolute atomic E-state index is 0.0481. The van der Waals surface area contributed by atoms with Crippen molar-refractivity contribution in [2.24, 2.45) is 10.4 Å². The molecule has 1 aliphatic carbocycles. The normalized spacial score (nSPS) is 17.7. The first-order valence-corrected chi connectivity index (χ1v) is 7.96. The van der Waals surface area contributed by atoms with Crippen LogP contribution in [0.3, 0.4) is 0 Å². The molecule has 0 fully saturated rings. The number of nitroso groups, excluding NO2 is 2. The summed E-state index contributed by atoms with van der Waals surface area (Å²) in [4.78, 5) is 20.8. The van der Waals surface area contributed by atoms with Crippen LogP contribution in [-0.4, -0.2) is 10.2 Å². The van der Waals surface area contributed by atoms with Gasteiger partial charge in [0.2, 0.25) is 5.72 Å². The van der Waals surface area contributed by atoms with Gasteiger partial charge in [0.15, 0.2) is 5.75 Å². The molecule has 6 nitrogen and oxygen atoms in total. The monoisotopic (exact) mass is 348 g/mol. The Labute approximate surface area is 149 Å². The Morgan fingerprint density at radius 2 is 1.65 bits per heavy atom. The number of phenols is 1. The van der Waals surface area contributed by atoms with Gasteiger partial charge in [0.05, 0.1) is 0 Å². The molecule has 0 aliphatic heterocycles. The summed E-state index contributed by atoms with van der Waals surface area (Å²) >= 11 is 0. The van der Waals surface area contributed by atoms with Gasteiger partial charge in [-0.3, -0.25) is 0 Å². The number of hydrogen-bond donors (Lipinski definition) is 2. The molecule has 1 atom stereocenters. The van der Waals surface area contributed by atoms with Crippen molar-refractivity contribution in [1.82, 2.24) is 0 Å². The Morgan fingerprint density at radius 3 is 2.42 bits per heavy atom. The second-order valence-corrected chi connectivity index (χ2v) is 5.85. The number of fused-ring (bicyclic) bond motifs is 2. The van der Waals surface area contributed by atoms with Gasteiger partial charge in [-0.1, -0.05) is 66.7 Å². The summed E-state index contributed by atoms with van der Waals surface area (Å²) < 4.78 is 0. The van der Waals surface area contributed by atoms with E-state index in [0.29, 0.717) is 10.9 Å². The maximum absolute atomic E-state index is 10.5. The highest BCUT2D eigenvalue weighted by Gasteiger charge is 2.33. The summed E-state index contributed by atoms with van der Waals surface area (Å²) in [6.45, 7) is 0. The zero-order valence-electron chi connectivity index (χ0n) is 13.7. The number of hydrogen-bond acceptors (Lipinski definition) is 6. The Hall–Kier alpha value is -3.38. The van der Waals surface area contributed by atoms with Crippen LogP contribution in [0.15, 0.2) is 77.1 Å². The van der Waals surface area contributed by atoms with Crippen LogP contribution in [0.1, 0.15) is 17.5 Å². The fraction of sp³-hybridized carbons (Fsp3) is 0.100. The highest BCUT2D eigenvalue weighted by molar-refractivity contribution is 5.92. The van der Waals surface area contributed by atoms with Gasteiger partial charge in [-0.25, -0.2) is 0 Å². The minimum Gasteiger partial charge on any atom is -0.505 e. The highest BCUT2D eigenvalue weighted by Crippen LogP contribution is 2.34. The number of benzene rings is 3. The third-order valence-corrected chi connectivity index (χ3v) is 4.22. The minimum atomic E-state index is -1.56. The van der Waals surface area contributed by atoms with Gasteiger partial charge < -0.3 is 10.2 Å². The first-order chi connectivity index (χ1) is 12.6. The topological polar surface area (TPSA) is 99.3 Å². The van der Waals surface area contributed by atoms with Crippen LogP contribution >= 0.6 is 0 Å². The van der Waals surface area contributed by atoms with Gasteiger partial charge >= 0.3 is 0 Å². The SMILES string of the molecule is O=NC1(O)CC=Cc2ccccc21.O=Nc1ccc2ccccc2c1O. The Morgan fingerprint density at radius 1 is 0.923 bits per heavy atom. The molecule has 0 spiro atoms. The molecule has 0 radical (unpaired) electrons. The van der Waals surface area contributed by atoms with Crippen LogP contribution in [0.4, 0.5) is 5.69 Å². The molecule has 26 heavy (non-hydrogen) atoms.